The third-order valence-electron chi connectivity index (χ3n) is 4.07. The SMILES string of the molecule is C[C@@H]1NC(=O)[C@@H]2C[C@H](NC(=O)Nc3ccccc3Cl)CN2C1=O. The smallest absolute Gasteiger partial charge is 0.319 e. The molecule has 23 heavy (non-hydrogen) atoms. The normalized spacial score (nSPS) is 26.5. The van der Waals surface area contributed by atoms with Crippen LogP contribution in [0.15, 0.2) is 24.3 Å². The Labute approximate surface area is 138 Å². The van der Waals surface area contributed by atoms with Crippen LogP contribution in [0.4, 0.5) is 10.5 Å². The fraction of sp³-hybridized carbons (Fsp3) is 0.400. The van der Waals surface area contributed by atoms with Crippen molar-refractivity contribution in [3.8, 4) is 0 Å². The number of halogens is 1. The molecule has 2 fully saturated rings. The van der Waals surface area contributed by atoms with Crippen molar-refractivity contribution in [3.63, 3.8) is 0 Å². The molecule has 0 unspecified atom stereocenters. The molecule has 7 nitrogen and oxygen atoms in total. The lowest BCUT2D eigenvalue weighted by atomic mass is 10.1. The van der Waals surface area contributed by atoms with Crippen molar-refractivity contribution in [2.45, 2.75) is 31.5 Å². The van der Waals surface area contributed by atoms with E-state index in [1.807, 2.05) is 0 Å². The van der Waals surface area contributed by atoms with Gasteiger partial charge in [0.2, 0.25) is 11.8 Å². The van der Waals surface area contributed by atoms with Crippen molar-refractivity contribution in [1.82, 2.24) is 15.5 Å². The Morgan fingerprint density at radius 1 is 1.35 bits per heavy atom. The minimum absolute atomic E-state index is 0.120. The van der Waals surface area contributed by atoms with Gasteiger partial charge in [0, 0.05) is 6.54 Å². The van der Waals surface area contributed by atoms with Crippen molar-refractivity contribution >= 4 is 35.1 Å². The topological polar surface area (TPSA) is 90.5 Å². The summed E-state index contributed by atoms with van der Waals surface area (Å²) in [4.78, 5) is 37.6. The van der Waals surface area contributed by atoms with E-state index in [0.717, 1.165) is 0 Å². The molecule has 2 heterocycles. The summed E-state index contributed by atoms with van der Waals surface area (Å²) < 4.78 is 0. The van der Waals surface area contributed by atoms with E-state index >= 15 is 0 Å². The van der Waals surface area contributed by atoms with E-state index in [0.29, 0.717) is 23.7 Å². The Morgan fingerprint density at radius 2 is 2.09 bits per heavy atom. The molecule has 3 N–H and O–H groups in total. The standard InChI is InChI=1S/C15H17ClN4O3/c1-8-14(22)20-7-9(6-12(20)13(21)17-8)18-15(23)19-11-5-3-2-4-10(11)16/h2-5,8-9,12H,6-7H2,1H3,(H,17,21)(H2,18,19,23)/t8-,9-,12-/m0/s1. The van der Waals surface area contributed by atoms with E-state index < -0.39 is 18.1 Å². The average Bonchev–Trinajstić information content (AvgIpc) is 2.92. The molecule has 3 atom stereocenters. The van der Waals surface area contributed by atoms with E-state index in [1.165, 1.54) is 4.90 Å². The number of amides is 4. The van der Waals surface area contributed by atoms with Crippen LogP contribution in [0, 0.1) is 0 Å². The lowest BCUT2D eigenvalue weighted by Crippen LogP contribution is -2.60. The highest BCUT2D eigenvalue weighted by molar-refractivity contribution is 6.33. The number of nitrogens with one attached hydrogen (secondary N) is 3. The number of carbonyl (C=O) groups is 3. The summed E-state index contributed by atoms with van der Waals surface area (Å²) in [7, 11) is 0. The summed E-state index contributed by atoms with van der Waals surface area (Å²) in [5, 5.41) is 8.53. The number of hydrogen-bond donors (Lipinski definition) is 3. The molecule has 2 aliphatic heterocycles. The van der Waals surface area contributed by atoms with Crippen molar-refractivity contribution in [3.05, 3.63) is 29.3 Å². The van der Waals surface area contributed by atoms with E-state index in [-0.39, 0.29) is 17.9 Å². The van der Waals surface area contributed by atoms with Gasteiger partial charge in [-0.05, 0) is 25.5 Å². The number of carbonyl (C=O) groups excluding carboxylic acids is 3. The Kier molecular flexibility index (Phi) is 4.12. The molecule has 0 spiro atoms. The van der Waals surface area contributed by atoms with E-state index in [9.17, 15) is 14.4 Å². The van der Waals surface area contributed by atoms with Crippen molar-refractivity contribution in [2.75, 3.05) is 11.9 Å². The molecule has 0 radical (unpaired) electrons. The van der Waals surface area contributed by atoms with Crippen molar-refractivity contribution in [2.24, 2.45) is 0 Å². The van der Waals surface area contributed by atoms with E-state index in [4.69, 9.17) is 11.6 Å². The number of para-hydroxylation sites is 1. The van der Waals surface area contributed by atoms with Gasteiger partial charge in [0.1, 0.15) is 12.1 Å². The molecule has 0 aliphatic carbocycles. The minimum Gasteiger partial charge on any atom is -0.343 e. The zero-order valence-electron chi connectivity index (χ0n) is 12.5. The molecule has 2 aliphatic rings. The summed E-state index contributed by atoms with van der Waals surface area (Å²) in [6.07, 6.45) is 0.403. The third kappa shape index (κ3) is 3.10. The second-order valence-electron chi connectivity index (χ2n) is 5.75. The number of nitrogens with zero attached hydrogens (tertiary/aromatic N) is 1. The van der Waals surface area contributed by atoms with Gasteiger partial charge in [-0.2, -0.15) is 0 Å². The second kappa shape index (κ2) is 6.08. The quantitative estimate of drug-likeness (QED) is 0.751. The van der Waals surface area contributed by atoms with Gasteiger partial charge in [-0.15, -0.1) is 0 Å². The minimum atomic E-state index is -0.519. The summed E-state index contributed by atoms with van der Waals surface area (Å²) in [6.45, 7) is 1.98. The molecular weight excluding hydrogens is 320 g/mol. The van der Waals surface area contributed by atoms with Gasteiger partial charge >= 0.3 is 6.03 Å². The summed E-state index contributed by atoms with van der Waals surface area (Å²) in [5.41, 5.74) is 0.504. The van der Waals surface area contributed by atoms with Crippen LogP contribution in [0.25, 0.3) is 0 Å². The molecule has 3 rings (SSSR count). The zero-order valence-corrected chi connectivity index (χ0v) is 13.3. The third-order valence-corrected chi connectivity index (χ3v) is 4.40. The predicted octanol–water partition coefficient (Wildman–Crippen LogP) is 0.949. The zero-order chi connectivity index (χ0) is 16.6. The van der Waals surface area contributed by atoms with Crippen LogP contribution >= 0.6 is 11.6 Å². The van der Waals surface area contributed by atoms with Crippen molar-refractivity contribution in [1.29, 1.82) is 0 Å². The predicted molar refractivity (Wildman–Crippen MR) is 85.1 cm³/mol. The average molecular weight is 337 g/mol. The van der Waals surface area contributed by atoms with Gasteiger partial charge in [0.05, 0.1) is 16.8 Å². The molecule has 0 bridgehead atoms. The van der Waals surface area contributed by atoms with Gasteiger partial charge in [-0.1, -0.05) is 23.7 Å². The monoisotopic (exact) mass is 336 g/mol. The number of benzene rings is 1. The fourth-order valence-electron chi connectivity index (χ4n) is 2.96. The number of hydrogen-bond acceptors (Lipinski definition) is 3. The highest BCUT2D eigenvalue weighted by Crippen LogP contribution is 2.23. The van der Waals surface area contributed by atoms with Gasteiger partial charge in [-0.3, -0.25) is 9.59 Å². The lowest BCUT2D eigenvalue weighted by molar-refractivity contribution is -0.146. The van der Waals surface area contributed by atoms with E-state index in [1.54, 1.807) is 31.2 Å². The molecule has 8 heteroatoms. The van der Waals surface area contributed by atoms with Gasteiger partial charge in [0.15, 0.2) is 0 Å². The van der Waals surface area contributed by atoms with Crippen LogP contribution < -0.4 is 16.0 Å². The fourth-order valence-corrected chi connectivity index (χ4v) is 3.14. The molecule has 122 valence electrons. The maximum atomic E-state index is 12.1. The van der Waals surface area contributed by atoms with Gasteiger partial charge in [-0.25, -0.2) is 4.79 Å². The van der Waals surface area contributed by atoms with Crippen LogP contribution in [0.1, 0.15) is 13.3 Å². The van der Waals surface area contributed by atoms with Crippen LogP contribution in [0.5, 0.6) is 0 Å². The summed E-state index contributed by atoms with van der Waals surface area (Å²) >= 11 is 5.99. The summed E-state index contributed by atoms with van der Waals surface area (Å²) in [6, 6.07) is 5.19. The van der Waals surface area contributed by atoms with Gasteiger partial charge in [0.25, 0.3) is 0 Å². The number of rotatable bonds is 2. The molecule has 0 aromatic heterocycles. The molecule has 2 saturated heterocycles. The highest BCUT2D eigenvalue weighted by Gasteiger charge is 2.45. The number of piperazine rings is 1. The Morgan fingerprint density at radius 3 is 2.83 bits per heavy atom. The number of anilines is 1. The second-order valence-corrected chi connectivity index (χ2v) is 6.15. The Balaban J connectivity index is 1.61. The molecule has 4 amide bonds. The highest BCUT2D eigenvalue weighted by atomic mass is 35.5. The molecule has 1 aromatic rings. The van der Waals surface area contributed by atoms with Crippen LogP contribution in [-0.2, 0) is 9.59 Å². The maximum Gasteiger partial charge on any atom is 0.319 e. The Hall–Kier alpha value is -2.28. The first-order chi connectivity index (χ1) is 11.0. The largest absolute Gasteiger partial charge is 0.343 e. The van der Waals surface area contributed by atoms with Crippen LogP contribution in [0.2, 0.25) is 5.02 Å². The number of fused-ring (bicyclic) bond motifs is 1. The lowest BCUT2D eigenvalue weighted by Gasteiger charge is -2.32. The molecule has 1 aromatic carbocycles. The number of urea groups is 1. The van der Waals surface area contributed by atoms with Crippen LogP contribution in [0.3, 0.4) is 0 Å². The summed E-state index contributed by atoms with van der Waals surface area (Å²) in [5.74, 6) is -0.293. The van der Waals surface area contributed by atoms with Gasteiger partial charge < -0.3 is 20.9 Å². The first-order valence-electron chi connectivity index (χ1n) is 7.38. The first-order valence-corrected chi connectivity index (χ1v) is 7.76. The van der Waals surface area contributed by atoms with Crippen LogP contribution in [-0.4, -0.2) is 47.4 Å². The maximum absolute atomic E-state index is 12.1. The Bertz CT molecular complexity index is 666. The first kappa shape index (κ1) is 15.6. The van der Waals surface area contributed by atoms with Crippen molar-refractivity contribution < 1.29 is 14.4 Å². The van der Waals surface area contributed by atoms with E-state index in [2.05, 4.69) is 16.0 Å². The molecular formula is C15H17ClN4O3. The molecule has 0 saturated carbocycles.